The quantitative estimate of drug-likeness (QED) is 0.621. The Kier molecular flexibility index (Phi) is 3.73. The molecule has 0 spiro atoms. The second kappa shape index (κ2) is 4.49. The van der Waals surface area contributed by atoms with Crippen molar-refractivity contribution in [2.24, 2.45) is 0 Å². The van der Waals surface area contributed by atoms with Crippen molar-refractivity contribution >= 4 is 5.91 Å². The maximum Gasteiger partial charge on any atom is 0.221 e. The van der Waals surface area contributed by atoms with Crippen LogP contribution in [0.25, 0.3) is 0 Å². The highest BCUT2D eigenvalue weighted by Crippen LogP contribution is 2.34. The van der Waals surface area contributed by atoms with Crippen molar-refractivity contribution in [2.45, 2.75) is 51.1 Å². The van der Waals surface area contributed by atoms with E-state index in [9.17, 15) is 4.79 Å². The average molecular weight is 214 g/mol. The third-order valence-electron chi connectivity index (χ3n) is 2.57. The molecule has 0 unspecified atom stereocenters. The van der Waals surface area contributed by atoms with E-state index in [2.05, 4.69) is 31.4 Å². The van der Waals surface area contributed by atoms with E-state index in [4.69, 9.17) is 5.11 Å². The lowest BCUT2D eigenvalue weighted by atomic mass is 10.1. The molecule has 1 fully saturated rings. The predicted octanol–water partition coefficient (Wildman–Crippen LogP) is 0.406. The van der Waals surface area contributed by atoms with Gasteiger partial charge in [-0.05, 0) is 33.6 Å². The molecule has 0 aromatic rings. The lowest BCUT2D eigenvalue weighted by Gasteiger charge is -2.21. The first-order valence-electron chi connectivity index (χ1n) is 5.54. The van der Waals surface area contributed by atoms with E-state index in [0.717, 1.165) is 12.8 Å². The van der Waals surface area contributed by atoms with Gasteiger partial charge >= 0.3 is 0 Å². The molecule has 1 aliphatic rings. The second-order valence-electron chi connectivity index (χ2n) is 5.41. The van der Waals surface area contributed by atoms with Gasteiger partial charge in [-0.2, -0.15) is 0 Å². The van der Waals surface area contributed by atoms with Gasteiger partial charge in [0, 0.05) is 18.5 Å². The van der Waals surface area contributed by atoms with E-state index in [-0.39, 0.29) is 23.6 Å². The molecule has 0 radical (unpaired) electrons. The highest BCUT2D eigenvalue weighted by molar-refractivity contribution is 5.77. The van der Waals surface area contributed by atoms with Gasteiger partial charge in [-0.3, -0.25) is 4.79 Å². The van der Waals surface area contributed by atoms with Gasteiger partial charge in [0.25, 0.3) is 0 Å². The van der Waals surface area contributed by atoms with E-state index in [0.29, 0.717) is 13.0 Å². The molecule has 0 atom stereocenters. The van der Waals surface area contributed by atoms with Crippen molar-refractivity contribution in [3.05, 3.63) is 0 Å². The van der Waals surface area contributed by atoms with Crippen molar-refractivity contribution in [3.8, 4) is 0 Å². The number of aliphatic hydroxyl groups is 1. The summed E-state index contributed by atoms with van der Waals surface area (Å²) in [6.07, 6.45) is 2.28. The van der Waals surface area contributed by atoms with Crippen LogP contribution < -0.4 is 10.6 Å². The molecule has 1 amide bonds. The lowest BCUT2D eigenvalue weighted by Crippen LogP contribution is -2.42. The summed E-state index contributed by atoms with van der Waals surface area (Å²) >= 11 is 0. The fourth-order valence-corrected chi connectivity index (χ4v) is 1.38. The summed E-state index contributed by atoms with van der Waals surface area (Å²) in [7, 11) is 0. The summed E-state index contributed by atoms with van der Waals surface area (Å²) in [4.78, 5) is 11.5. The molecular weight excluding hydrogens is 192 g/mol. The molecule has 1 rings (SSSR count). The summed E-state index contributed by atoms with van der Waals surface area (Å²) in [6, 6.07) is 0. The van der Waals surface area contributed by atoms with Gasteiger partial charge in [0.15, 0.2) is 0 Å². The van der Waals surface area contributed by atoms with Gasteiger partial charge in [0.05, 0.1) is 12.1 Å². The average Bonchev–Trinajstić information content (AvgIpc) is 2.83. The number of hydrogen-bond acceptors (Lipinski definition) is 3. The summed E-state index contributed by atoms with van der Waals surface area (Å²) < 4.78 is 0. The van der Waals surface area contributed by atoms with Crippen molar-refractivity contribution < 1.29 is 9.90 Å². The van der Waals surface area contributed by atoms with Crippen LogP contribution in [0.5, 0.6) is 0 Å². The number of carbonyl (C=O) groups excluding carboxylic acids is 1. The minimum absolute atomic E-state index is 0.0262. The molecule has 1 saturated carbocycles. The van der Waals surface area contributed by atoms with Crippen LogP contribution in [0.15, 0.2) is 0 Å². The molecule has 0 heterocycles. The van der Waals surface area contributed by atoms with E-state index < -0.39 is 0 Å². The molecule has 1 aliphatic carbocycles. The third-order valence-corrected chi connectivity index (χ3v) is 2.57. The minimum Gasteiger partial charge on any atom is -0.394 e. The molecule has 0 aromatic carbocycles. The summed E-state index contributed by atoms with van der Waals surface area (Å²) in [5, 5.41) is 15.2. The Morgan fingerprint density at radius 2 is 2.00 bits per heavy atom. The van der Waals surface area contributed by atoms with Crippen molar-refractivity contribution in [1.82, 2.24) is 10.6 Å². The van der Waals surface area contributed by atoms with Crippen molar-refractivity contribution in [3.63, 3.8) is 0 Å². The molecule has 88 valence electrons. The molecule has 15 heavy (non-hydrogen) atoms. The Morgan fingerprint density at radius 1 is 1.40 bits per heavy atom. The summed E-state index contributed by atoms with van der Waals surface area (Å²) in [6.45, 7) is 6.95. The zero-order chi connectivity index (χ0) is 11.5. The molecule has 0 saturated heterocycles. The Morgan fingerprint density at radius 3 is 2.40 bits per heavy atom. The predicted molar refractivity (Wildman–Crippen MR) is 59.6 cm³/mol. The molecule has 0 bridgehead atoms. The van der Waals surface area contributed by atoms with E-state index in [1.165, 1.54) is 0 Å². The molecule has 0 aliphatic heterocycles. The normalized spacial score (nSPS) is 18.7. The van der Waals surface area contributed by atoms with Crippen LogP contribution in [0, 0.1) is 0 Å². The Labute approximate surface area is 91.4 Å². The van der Waals surface area contributed by atoms with Crippen LogP contribution in [0.1, 0.15) is 40.0 Å². The zero-order valence-corrected chi connectivity index (χ0v) is 9.89. The Balaban J connectivity index is 2.14. The topological polar surface area (TPSA) is 61.4 Å². The van der Waals surface area contributed by atoms with Crippen molar-refractivity contribution in [1.29, 1.82) is 0 Å². The zero-order valence-electron chi connectivity index (χ0n) is 9.89. The van der Waals surface area contributed by atoms with Gasteiger partial charge < -0.3 is 15.7 Å². The van der Waals surface area contributed by atoms with Crippen LogP contribution in [-0.2, 0) is 4.79 Å². The van der Waals surface area contributed by atoms with Crippen LogP contribution in [-0.4, -0.2) is 35.2 Å². The van der Waals surface area contributed by atoms with Gasteiger partial charge in [-0.25, -0.2) is 0 Å². The van der Waals surface area contributed by atoms with E-state index in [1.807, 2.05) is 0 Å². The maximum atomic E-state index is 11.5. The van der Waals surface area contributed by atoms with Crippen LogP contribution in [0.2, 0.25) is 0 Å². The molecule has 4 heteroatoms. The van der Waals surface area contributed by atoms with Gasteiger partial charge in [0.2, 0.25) is 5.91 Å². The fourth-order valence-electron chi connectivity index (χ4n) is 1.38. The highest BCUT2D eigenvalue weighted by atomic mass is 16.3. The van der Waals surface area contributed by atoms with Crippen molar-refractivity contribution in [2.75, 3.05) is 13.2 Å². The van der Waals surface area contributed by atoms with Gasteiger partial charge in [0.1, 0.15) is 0 Å². The minimum atomic E-state index is -0.279. The summed E-state index contributed by atoms with van der Waals surface area (Å²) in [5.41, 5.74) is -0.229. The lowest BCUT2D eigenvalue weighted by molar-refractivity contribution is -0.122. The van der Waals surface area contributed by atoms with Crippen LogP contribution in [0.4, 0.5) is 0 Å². The number of amides is 1. The molecule has 4 nitrogen and oxygen atoms in total. The largest absolute Gasteiger partial charge is 0.394 e. The van der Waals surface area contributed by atoms with E-state index in [1.54, 1.807) is 0 Å². The molecular formula is C11H22N2O2. The number of nitrogens with one attached hydrogen (secondary N) is 2. The Bertz CT molecular complexity index is 229. The van der Waals surface area contributed by atoms with Crippen LogP contribution >= 0.6 is 0 Å². The first-order valence-corrected chi connectivity index (χ1v) is 5.54. The van der Waals surface area contributed by atoms with E-state index >= 15 is 0 Å². The molecule has 3 N–H and O–H groups in total. The SMILES string of the molecule is CC(C)(C)NCCC(=O)NC1(CO)CC1. The first kappa shape index (κ1) is 12.5. The van der Waals surface area contributed by atoms with Gasteiger partial charge in [-0.1, -0.05) is 0 Å². The third kappa shape index (κ3) is 4.62. The van der Waals surface area contributed by atoms with Gasteiger partial charge in [-0.15, -0.1) is 0 Å². The van der Waals surface area contributed by atoms with Crippen LogP contribution in [0.3, 0.4) is 0 Å². The summed E-state index contributed by atoms with van der Waals surface area (Å²) in [5.74, 6) is 0.0262. The maximum absolute atomic E-state index is 11.5. The first-order chi connectivity index (χ1) is 6.87. The number of hydrogen-bond donors (Lipinski definition) is 3. The fraction of sp³-hybridized carbons (Fsp3) is 0.909. The standard InChI is InChI=1S/C11H22N2O2/c1-10(2,3)12-7-4-9(15)13-11(8-14)5-6-11/h12,14H,4-8H2,1-3H3,(H,13,15). The molecule has 0 aromatic heterocycles. The number of rotatable bonds is 5. The highest BCUT2D eigenvalue weighted by Gasteiger charge is 2.43. The number of aliphatic hydroxyl groups excluding tert-OH is 1. The second-order valence-corrected chi connectivity index (χ2v) is 5.41. The smallest absolute Gasteiger partial charge is 0.221 e. The number of carbonyl (C=O) groups is 1. The Hall–Kier alpha value is -0.610. The monoisotopic (exact) mass is 214 g/mol.